The molecule has 2 rings (SSSR count). The van der Waals surface area contributed by atoms with E-state index in [2.05, 4.69) is 46.5 Å². The van der Waals surface area contributed by atoms with E-state index in [1.54, 1.807) is 0 Å². The third-order valence-electron chi connectivity index (χ3n) is 3.00. The normalized spacial score (nSPS) is 22.3. The number of hydrogen-bond acceptors (Lipinski definition) is 2. The monoisotopic (exact) mass is 214 g/mol. The molecule has 1 fully saturated rings. The Labute approximate surface area is 97.7 Å². The fraction of sp³-hybridized carbons (Fsp3) is 0.429. The van der Waals surface area contributed by atoms with E-state index in [0.29, 0.717) is 0 Å². The SMILES string of the molecule is C#C[C@@H]1CCN(Cc2ccccc2)CCN1. The van der Waals surface area contributed by atoms with Crippen molar-refractivity contribution in [2.75, 3.05) is 19.6 Å². The zero-order valence-corrected chi connectivity index (χ0v) is 9.52. The van der Waals surface area contributed by atoms with Crippen molar-refractivity contribution < 1.29 is 0 Å². The smallest absolute Gasteiger partial charge is 0.0699 e. The van der Waals surface area contributed by atoms with Gasteiger partial charge in [-0.2, -0.15) is 0 Å². The second-order valence-electron chi connectivity index (χ2n) is 4.22. The van der Waals surface area contributed by atoms with Gasteiger partial charge in [0.15, 0.2) is 0 Å². The van der Waals surface area contributed by atoms with Gasteiger partial charge >= 0.3 is 0 Å². The average molecular weight is 214 g/mol. The van der Waals surface area contributed by atoms with E-state index in [0.717, 1.165) is 32.6 Å². The van der Waals surface area contributed by atoms with Crippen LogP contribution in [0.2, 0.25) is 0 Å². The molecule has 2 heteroatoms. The number of nitrogens with zero attached hydrogens (tertiary/aromatic N) is 1. The summed E-state index contributed by atoms with van der Waals surface area (Å²) in [5.41, 5.74) is 1.38. The molecule has 0 spiro atoms. The molecule has 1 aromatic carbocycles. The van der Waals surface area contributed by atoms with Crippen LogP contribution in [0.3, 0.4) is 0 Å². The Balaban J connectivity index is 1.89. The average Bonchev–Trinajstić information content (AvgIpc) is 2.56. The molecule has 0 saturated carbocycles. The lowest BCUT2D eigenvalue weighted by Gasteiger charge is -2.19. The predicted molar refractivity (Wildman–Crippen MR) is 67.0 cm³/mol. The summed E-state index contributed by atoms with van der Waals surface area (Å²) in [5, 5.41) is 3.37. The van der Waals surface area contributed by atoms with Gasteiger partial charge in [-0.25, -0.2) is 0 Å². The Morgan fingerprint density at radius 3 is 2.88 bits per heavy atom. The molecule has 1 aliphatic rings. The molecule has 1 aromatic rings. The van der Waals surface area contributed by atoms with Crippen LogP contribution in [0, 0.1) is 12.3 Å². The van der Waals surface area contributed by atoms with Gasteiger partial charge in [0.1, 0.15) is 0 Å². The molecule has 1 N–H and O–H groups in total. The van der Waals surface area contributed by atoms with Crippen LogP contribution in [0.5, 0.6) is 0 Å². The topological polar surface area (TPSA) is 15.3 Å². The Hall–Kier alpha value is -1.30. The molecule has 1 aliphatic heterocycles. The van der Waals surface area contributed by atoms with Gasteiger partial charge in [-0.1, -0.05) is 36.3 Å². The van der Waals surface area contributed by atoms with Gasteiger partial charge in [0.25, 0.3) is 0 Å². The maximum atomic E-state index is 5.44. The van der Waals surface area contributed by atoms with Gasteiger partial charge in [0.05, 0.1) is 6.04 Å². The highest BCUT2D eigenvalue weighted by Crippen LogP contribution is 2.07. The van der Waals surface area contributed by atoms with Crippen LogP contribution in [0.1, 0.15) is 12.0 Å². The fourth-order valence-electron chi connectivity index (χ4n) is 2.06. The van der Waals surface area contributed by atoms with Gasteiger partial charge in [0, 0.05) is 26.2 Å². The second kappa shape index (κ2) is 5.69. The zero-order chi connectivity index (χ0) is 11.2. The highest BCUT2D eigenvalue weighted by molar-refractivity contribution is 5.14. The molecule has 1 heterocycles. The number of rotatable bonds is 2. The van der Waals surface area contributed by atoms with Crippen LogP contribution >= 0.6 is 0 Å². The van der Waals surface area contributed by atoms with Crippen LogP contribution in [0.25, 0.3) is 0 Å². The Bertz CT molecular complexity index is 353. The molecule has 0 unspecified atom stereocenters. The van der Waals surface area contributed by atoms with Crippen LogP contribution < -0.4 is 5.32 Å². The van der Waals surface area contributed by atoms with Gasteiger partial charge in [0.2, 0.25) is 0 Å². The van der Waals surface area contributed by atoms with Crippen molar-refractivity contribution in [2.24, 2.45) is 0 Å². The summed E-state index contributed by atoms with van der Waals surface area (Å²) >= 11 is 0. The van der Waals surface area contributed by atoms with E-state index in [-0.39, 0.29) is 6.04 Å². The van der Waals surface area contributed by atoms with Crippen LogP contribution in [0.4, 0.5) is 0 Å². The fourth-order valence-corrected chi connectivity index (χ4v) is 2.06. The lowest BCUT2D eigenvalue weighted by Crippen LogP contribution is -2.29. The summed E-state index contributed by atoms with van der Waals surface area (Å²) in [5.74, 6) is 2.79. The van der Waals surface area contributed by atoms with E-state index in [9.17, 15) is 0 Å². The molecule has 0 radical (unpaired) electrons. The van der Waals surface area contributed by atoms with E-state index >= 15 is 0 Å². The first-order valence-electron chi connectivity index (χ1n) is 5.84. The highest BCUT2D eigenvalue weighted by Gasteiger charge is 2.14. The lowest BCUT2D eigenvalue weighted by atomic mass is 10.2. The third-order valence-corrected chi connectivity index (χ3v) is 3.00. The molecular formula is C14H18N2. The van der Waals surface area contributed by atoms with Crippen molar-refractivity contribution in [1.29, 1.82) is 0 Å². The predicted octanol–water partition coefficient (Wildman–Crippen LogP) is 1.48. The number of benzene rings is 1. The third kappa shape index (κ3) is 3.10. The first-order valence-corrected chi connectivity index (χ1v) is 5.84. The second-order valence-corrected chi connectivity index (χ2v) is 4.22. The Kier molecular flexibility index (Phi) is 3.98. The highest BCUT2D eigenvalue weighted by atomic mass is 15.2. The summed E-state index contributed by atoms with van der Waals surface area (Å²) in [6.07, 6.45) is 6.48. The summed E-state index contributed by atoms with van der Waals surface area (Å²) in [6, 6.07) is 10.8. The summed E-state index contributed by atoms with van der Waals surface area (Å²) in [7, 11) is 0. The van der Waals surface area contributed by atoms with Crippen LogP contribution in [-0.2, 0) is 6.54 Å². The van der Waals surface area contributed by atoms with E-state index in [1.165, 1.54) is 5.56 Å². The first-order chi connectivity index (χ1) is 7.88. The van der Waals surface area contributed by atoms with E-state index < -0.39 is 0 Å². The lowest BCUT2D eigenvalue weighted by molar-refractivity contribution is 0.283. The van der Waals surface area contributed by atoms with Crippen molar-refractivity contribution in [3.63, 3.8) is 0 Å². The van der Waals surface area contributed by atoms with Gasteiger partial charge < -0.3 is 5.32 Å². The summed E-state index contributed by atoms with van der Waals surface area (Å²) in [4.78, 5) is 2.46. The molecule has 0 aromatic heterocycles. The van der Waals surface area contributed by atoms with Gasteiger partial charge in [-0.3, -0.25) is 4.90 Å². The minimum absolute atomic E-state index is 0.251. The molecular weight excluding hydrogens is 196 g/mol. The number of terminal acetylenes is 1. The van der Waals surface area contributed by atoms with Crippen molar-refractivity contribution in [2.45, 2.75) is 19.0 Å². The Morgan fingerprint density at radius 2 is 2.12 bits per heavy atom. The molecule has 84 valence electrons. The minimum Gasteiger partial charge on any atom is -0.302 e. The quantitative estimate of drug-likeness (QED) is 0.750. The molecule has 2 nitrogen and oxygen atoms in total. The molecule has 16 heavy (non-hydrogen) atoms. The minimum atomic E-state index is 0.251. The molecule has 0 bridgehead atoms. The van der Waals surface area contributed by atoms with Crippen LogP contribution in [0.15, 0.2) is 30.3 Å². The van der Waals surface area contributed by atoms with Crippen molar-refractivity contribution in [3.8, 4) is 12.3 Å². The maximum Gasteiger partial charge on any atom is 0.0699 e. The molecule has 0 aliphatic carbocycles. The maximum absolute atomic E-state index is 5.44. The van der Waals surface area contributed by atoms with Crippen molar-refractivity contribution in [1.82, 2.24) is 10.2 Å². The van der Waals surface area contributed by atoms with E-state index in [1.807, 2.05) is 0 Å². The van der Waals surface area contributed by atoms with Gasteiger partial charge in [-0.05, 0) is 12.0 Å². The Morgan fingerprint density at radius 1 is 1.31 bits per heavy atom. The van der Waals surface area contributed by atoms with Crippen LogP contribution in [-0.4, -0.2) is 30.6 Å². The molecule has 1 saturated heterocycles. The zero-order valence-electron chi connectivity index (χ0n) is 9.52. The largest absolute Gasteiger partial charge is 0.302 e. The number of nitrogens with one attached hydrogen (secondary N) is 1. The molecule has 0 amide bonds. The standard InChI is InChI=1S/C14H18N2/c1-2-14-8-10-16(11-9-15-14)12-13-6-4-3-5-7-13/h1,3-7,14-15H,8-12H2/t14-/m1/s1. The van der Waals surface area contributed by atoms with Gasteiger partial charge in [-0.15, -0.1) is 6.42 Å². The van der Waals surface area contributed by atoms with E-state index in [4.69, 9.17) is 6.42 Å². The van der Waals surface area contributed by atoms with Crippen molar-refractivity contribution >= 4 is 0 Å². The summed E-state index contributed by atoms with van der Waals surface area (Å²) in [6.45, 7) is 4.17. The van der Waals surface area contributed by atoms with Crippen molar-refractivity contribution in [3.05, 3.63) is 35.9 Å². The molecule has 1 atom stereocenters. The number of hydrogen-bond donors (Lipinski definition) is 1. The summed E-state index contributed by atoms with van der Waals surface area (Å²) < 4.78 is 0. The first kappa shape index (κ1) is 11.2.